The number of rotatable bonds is 1. The molecule has 0 amide bonds. The van der Waals surface area contributed by atoms with Crippen LogP contribution in [0.5, 0.6) is 0 Å². The average molecular weight is 185 g/mol. The van der Waals surface area contributed by atoms with Crippen LogP contribution >= 0.6 is 0 Å². The Morgan fingerprint density at radius 1 is 1.38 bits per heavy atom. The fourth-order valence-electron chi connectivity index (χ4n) is 2.17. The summed E-state index contributed by atoms with van der Waals surface area (Å²) in [6, 6.07) is -0.00931. The van der Waals surface area contributed by atoms with Gasteiger partial charge in [0.25, 0.3) is 0 Å². The second-order valence-electron chi connectivity index (χ2n) is 3.97. The number of nitrogens with two attached hydrogens (primary N) is 1. The quantitative estimate of drug-likeness (QED) is 0.495. The molecule has 2 N–H and O–H groups in total. The van der Waals surface area contributed by atoms with Crippen molar-refractivity contribution in [2.45, 2.75) is 38.6 Å². The van der Waals surface area contributed by atoms with Gasteiger partial charge in [-0.05, 0) is 18.8 Å². The monoisotopic (exact) mass is 185 g/mol. The van der Waals surface area contributed by atoms with Crippen molar-refractivity contribution in [1.82, 2.24) is 0 Å². The molecule has 0 aliphatic heterocycles. The molecule has 0 unspecified atom stereocenters. The van der Waals surface area contributed by atoms with E-state index in [4.69, 9.17) is 10.5 Å². The first-order valence-corrected chi connectivity index (χ1v) is 5.00. The van der Waals surface area contributed by atoms with E-state index in [2.05, 4.69) is 6.92 Å². The standard InChI is InChI=1S/C10H19NO2/c1-7-5-3-4-6-8(11)9(7)10(12)13-2/h7-9H,3-6,11H2,1-2H3/t7-,8+,9-/m0/s1. The SMILES string of the molecule is COC(=O)[C@@H]1[C@H](N)CCCC[C@@H]1C. The first kappa shape index (κ1) is 10.5. The van der Waals surface area contributed by atoms with E-state index in [1.54, 1.807) is 0 Å². The molecule has 76 valence electrons. The molecule has 1 aliphatic rings. The number of methoxy groups -OCH3 is 1. The summed E-state index contributed by atoms with van der Waals surface area (Å²) in [5.74, 6) is 0.138. The van der Waals surface area contributed by atoms with Gasteiger partial charge in [-0.3, -0.25) is 4.79 Å². The van der Waals surface area contributed by atoms with Crippen molar-refractivity contribution in [1.29, 1.82) is 0 Å². The van der Waals surface area contributed by atoms with Crippen LogP contribution in [0, 0.1) is 11.8 Å². The van der Waals surface area contributed by atoms with Gasteiger partial charge < -0.3 is 10.5 Å². The van der Waals surface area contributed by atoms with Crippen molar-refractivity contribution in [3.05, 3.63) is 0 Å². The van der Waals surface area contributed by atoms with Crippen LogP contribution in [0.15, 0.2) is 0 Å². The molecule has 1 fully saturated rings. The molecule has 0 aromatic carbocycles. The van der Waals surface area contributed by atoms with E-state index in [1.807, 2.05) is 0 Å². The normalized spacial score (nSPS) is 35.2. The molecule has 3 nitrogen and oxygen atoms in total. The van der Waals surface area contributed by atoms with Crippen molar-refractivity contribution < 1.29 is 9.53 Å². The van der Waals surface area contributed by atoms with E-state index < -0.39 is 0 Å². The zero-order chi connectivity index (χ0) is 9.84. The maximum absolute atomic E-state index is 11.4. The molecular formula is C10H19NO2. The highest BCUT2D eigenvalue weighted by atomic mass is 16.5. The summed E-state index contributed by atoms with van der Waals surface area (Å²) in [5, 5.41) is 0. The molecule has 0 aromatic rings. The van der Waals surface area contributed by atoms with Crippen molar-refractivity contribution >= 4 is 5.97 Å². The Hall–Kier alpha value is -0.570. The molecular weight excluding hydrogens is 166 g/mol. The molecule has 0 bridgehead atoms. The Bertz CT molecular complexity index is 170. The maximum atomic E-state index is 11.4. The van der Waals surface area contributed by atoms with Gasteiger partial charge in [-0.15, -0.1) is 0 Å². The summed E-state index contributed by atoms with van der Waals surface area (Å²) in [6.45, 7) is 2.09. The second-order valence-corrected chi connectivity index (χ2v) is 3.97. The first-order valence-electron chi connectivity index (χ1n) is 5.00. The minimum Gasteiger partial charge on any atom is -0.469 e. The molecule has 1 rings (SSSR count). The molecule has 3 heteroatoms. The Balaban J connectivity index is 2.68. The third kappa shape index (κ3) is 2.44. The number of carbonyl (C=O) groups is 1. The van der Waals surface area contributed by atoms with E-state index in [0.717, 1.165) is 19.3 Å². The molecule has 0 aromatic heterocycles. The van der Waals surface area contributed by atoms with Crippen LogP contribution in [0.2, 0.25) is 0 Å². The topological polar surface area (TPSA) is 52.3 Å². The Morgan fingerprint density at radius 2 is 2.00 bits per heavy atom. The van der Waals surface area contributed by atoms with Gasteiger partial charge in [0.15, 0.2) is 0 Å². The maximum Gasteiger partial charge on any atom is 0.310 e. The lowest BCUT2D eigenvalue weighted by Crippen LogP contribution is -2.39. The first-order chi connectivity index (χ1) is 6.16. The largest absolute Gasteiger partial charge is 0.469 e. The van der Waals surface area contributed by atoms with E-state index in [9.17, 15) is 4.79 Å². The lowest BCUT2D eigenvalue weighted by Gasteiger charge is -2.23. The van der Waals surface area contributed by atoms with Gasteiger partial charge in [-0.25, -0.2) is 0 Å². The van der Waals surface area contributed by atoms with Crippen molar-refractivity contribution in [2.75, 3.05) is 7.11 Å². The van der Waals surface area contributed by atoms with Crippen LogP contribution in [-0.4, -0.2) is 19.1 Å². The van der Waals surface area contributed by atoms with Crippen LogP contribution in [0.3, 0.4) is 0 Å². The smallest absolute Gasteiger partial charge is 0.310 e. The molecule has 13 heavy (non-hydrogen) atoms. The number of ether oxygens (including phenoxy) is 1. The van der Waals surface area contributed by atoms with Gasteiger partial charge in [0, 0.05) is 6.04 Å². The summed E-state index contributed by atoms with van der Waals surface area (Å²) in [6.07, 6.45) is 4.36. The summed E-state index contributed by atoms with van der Waals surface area (Å²) < 4.78 is 4.77. The Kier molecular flexibility index (Phi) is 3.72. The lowest BCUT2D eigenvalue weighted by atomic mass is 9.86. The van der Waals surface area contributed by atoms with Gasteiger partial charge in [-0.1, -0.05) is 19.8 Å². The highest BCUT2D eigenvalue weighted by Gasteiger charge is 2.33. The van der Waals surface area contributed by atoms with E-state index in [-0.39, 0.29) is 17.9 Å². The van der Waals surface area contributed by atoms with Gasteiger partial charge in [0.2, 0.25) is 0 Å². The predicted molar refractivity (Wildman–Crippen MR) is 51.1 cm³/mol. The summed E-state index contributed by atoms with van der Waals surface area (Å²) in [4.78, 5) is 11.4. The van der Waals surface area contributed by atoms with Crippen LogP contribution in [-0.2, 0) is 9.53 Å². The van der Waals surface area contributed by atoms with E-state index in [1.165, 1.54) is 13.5 Å². The molecule has 0 spiro atoms. The predicted octanol–water partition coefficient (Wildman–Crippen LogP) is 1.31. The number of esters is 1. The zero-order valence-corrected chi connectivity index (χ0v) is 8.45. The number of hydrogen-bond acceptors (Lipinski definition) is 3. The fourth-order valence-corrected chi connectivity index (χ4v) is 2.17. The van der Waals surface area contributed by atoms with Crippen LogP contribution in [0.4, 0.5) is 0 Å². The third-order valence-corrected chi connectivity index (χ3v) is 2.99. The summed E-state index contributed by atoms with van der Waals surface area (Å²) in [5.41, 5.74) is 5.95. The van der Waals surface area contributed by atoms with Crippen LogP contribution in [0.1, 0.15) is 32.6 Å². The van der Waals surface area contributed by atoms with Gasteiger partial charge >= 0.3 is 5.97 Å². The van der Waals surface area contributed by atoms with Crippen molar-refractivity contribution in [3.63, 3.8) is 0 Å². The fraction of sp³-hybridized carbons (Fsp3) is 0.900. The minimum atomic E-state index is -0.137. The summed E-state index contributed by atoms with van der Waals surface area (Å²) >= 11 is 0. The van der Waals surface area contributed by atoms with Crippen molar-refractivity contribution in [3.8, 4) is 0 Å². The molecule has 0 radical (unpaired) electrons. The van der Waals surface area contributed by atoms with Gasteiger partial charge in [0.05, 0.1) is 13.0 Å². The van der Waals surface area contributed by atoms with Gasteiger partial charge in [-0.2, -0.15) is 0 Å². The van der Waals surface area contributed by atoms with E-state index in [0.29, 0.717) is 5.92 Å². The molecule has 0 saturated heterocycles. The van der Waals surface area contributed by atoms with E-state index >= 15 is 0 Å². The lowest BCUT2D eigenvalue weighted by molar-refractivity contribution is -0.148. The van der Waals surface area contributed by atoms with Crippen LogP contribution < -0.4 is 5.73 Å². The van der Waals surface area contributed by atoms with Crippen molar-refractivity contribution in [2.24, 2.45) is 17.6 Å². The second kappa shape index (κ2) is 4.61. The average Bonchev–Trinajstić information content (AvgIpc) is 2.27. The molecule has 1 aliphatic carbocycles. The Morgan fingerprint density at radius 3 is 2.62 bits per heavy atom. The molecule has 3 atom stereocenters. The Labute approximate surface area is 79.6 Å². The minimum absolute atomic E-state index is 0.00931. The third-order valence-electron chi connectivity index (χ3n) is 2.99. The zero-order valence-electron chi connectivity index (χ0n) is 8.45. The molecule has 1 saturated carbocycles. The molecule has 0 heterocycles. The summed E-state index contributed by atoms with van der Waals surface area (Å²) in [7, 11) is 1.44. The number of hydrogen-bond donors (Lipinski definition) is 1. The van der Waals surface area contributed by atoms with Gasteiger partial charge in [0.1, 0.15) is 0 Å². The van der Waals surface area contributed by atoms with Crippen LogP contribution in [0.25, 0.3) is 0 Å². The highest BCUT2D eigenvalue weighted by Crippen LogP contribution is 2.28. The number of carbonyl (C=O) groups excluding carboxylic acids is 1. The highest BCUT2D eigenvalue weighted by molar-refractivity contribution is 5.73.